The third kappa shape index (κ3) is 2.93. The van der Waals surface area contributed by atoms with E-state index >= 15 is 0 Å². The van der Waals surface area contributed by atoms with E-state index in [0.29, 0.717) is 12.5 Å². The van der Waals surface area contributed by atoms with Crippen molar-refractivity contribution >= 4 is 0 Å². The predicted octanol–water partition coefficient (Wildman–Crippen LogP) is 2.38. The third-order valence-electron chi connectivity index (χ3n) is 3.24. The molecular formula is C14H17N3O2. The molecule has 1 aliphatic heterocycles. The van der Waals surface area contributed by atoms with Crippen LogP contribution in [0.1, 0.15) is 36.2 Å². The minimum atomic E-state index is 0.233. The summed E-state index contributed by atoms with van der Waals surface area (Å²) in [7, 11) is 0. The molecule has 2 aromatic rings. The summed E-state index contributed by atoms with van der Waals surface area (Å²) in [6.45, 7) is 3.37. The highest BCUT2D eigenvalue weighted by Gasteiger charge is 2.21. The standard InChI is InChI=1S/C14H17N3O2/c1-10-4-6-11(7-5-10)18-9-13-16-14(17-19-13)12-3-2-8-15-12/h4-7,12,15H,2-3,8-9H2,1H3/t12-/m0/s1. The van der Waals surface area contributed by atoms with Gasteiger partial charge in [-0.2, -0.15) is 4.98 Å². The van der Waals surface area contributed by atoms with Crippen LogP contribution in [0.2, 0.25) is 0 Å². The molecule has 0 amide bonds. The van der Waals surface area contributed by atoms with Crippen LogP contribution in [0.4, 0.5) is 0 Å². The first-order chi connectivity index (χ1) is 9.31. The molecule has 1 aliphatic rings. The fourth-order valence-corrected chi connectivity index (χ4v) is 2.15. The van der Waals surface area contributed by atoms with E-state index in [4.69, 9.17) is 9.26 Å². The lowest BCUT2D eigenvalue weighted by atomic mass is 10.2. The number of hydrogen-bond acceptors (Lipinski definition) is 5. The molecule has 1 saturated heterocycles. The predicted molar refractivity (Wildman–Crippen MR) is 69.8 cm³/mol. The van der Waals surface area contributed by atoms with Crippen molar-refractivity contribution in [1.29, 1.82) is 0 Å². The molecule has 100 valence electrons. The number of aryl methyl sites for hydroxylation is 1. The largest absolute Gasteiger partial charge is 0.484 e. The van der Waals surface area contributed by atoms with Crippen molar-refractivity contribution in [2.24, 2.45) is 0 Å². The number of nitrogens with one attached hydrogen (secondary N) is 1. The number of rotatable bonds is 4. The second-order valence-electron chi connectivity index (χ2n) is 4.80. The second-order valence-corrected chi connectivity index (χ2v) is 4.80. The number of benzene rings is 1. The first-order valence-electron chi connectivity index (χ1n) is 6.56. The van der Waals surface area contributed by atoms with E-state index in [9.17, 15) is 0 Å². The minimum absolute atomic E-state index is 0.233. The maximum Gasteiger partial charge on any atom is 0.264 e. The minimum Gasteiger partial charge on any atom is -0.484 e. The second kappa shape index (κ2) is 5.40. The van der Waals surface area contributed by atoms with Gasteiger partial charge in [-0.15, -0.1) is 0 Å². The van der Waals surface area contributed by atoms with Crippen LogP contribution in [0.5, 0.6) is 5.75 Å². The van der Waals surface area contributed by atoms with Gasteiger partial charge in [0.05, 0.1) is 6.04 Å². The van der Waals surface area contributed by atoms with Crippen LogP contribution in [-0.4, -0.2) is 16.7 Å². The Balaban J connectivity index is 1.59. The maximum absolute atomic E-state index is 5.61. The Hall–Kier alpha value is -1.88. The van der Waals surface area contributed by atoms with Crippen LogP contribution in [0, 0.1) is 6.92 Å². The Morgan fingerprint density at radius 1 is 1.37 bits per heavy atom. The van der Waals surface area contributed by atoms with Crippen molar-refractivity contribution in [2.45, 2.75) is 32.4 Å². The van der Waals surface area contributed by atoms with Gasteiger partial charge in [-0.3, -0.25) is 0 Å². The molecular weight excluding hydrogens is 242 g/mol. The molecule has 0 spiro atoms. The molecule has 1 aromatic carbocycles. The zero-order chi connectivity index (χ0) is 13.1. The Kier molecular flexibility index (Phi) is 3.46. The lowest BCUT2D eigenvalue weighted by Crippen LogP contribution is -2.14. The molecule has 0 bridgehead atoms. The van der Waals surface area contributed by atoms with Gasteiger partial charge >= 0.3 is 0 Å². The molecule has 5 heteroatoms. The summed E-state index contributed by atoms with van der Waals surface area (Å²) < 4.78 is 10.8. The van der Waals surface area contributed by atoms with Crippen LogP contribution in [0.25, 0.3) is 0 Å². The van der Waals surface area contributed by atoms with Gasteiger partial charge in [0.2, 0.25) is 0 Å². The molecule has 1 N–H and O–H groups in total. The zero-order valence-corrected chi connectivity index (χ0v) is 10.9. The molecule has 3 rings (SSSR count). The summed E-state index contributed by atoms with van der Waals surface area (Å²) in [6.07, 6.45) is 2.23. The van der Waals surface area contributed by atoms with Crippen LogP contribution in [0.3, 0.4) is 0 Å². The third-order valence-corrected chi connectivity index (χ3v) is 3.24. The average Bonchev–Trinajstić information content (AvgIpc) is 3.09. The molecule has 1 atom stereocenters. The number of ether oxygens (including phenoxy) is 1. The smallest absolute Gasteiger partial charge is 0.264 e. The lowest BCUT2D eigenvalue weighted by Gasteiger charge is -2.03. The number of hydrogen-bond donors (Lipinski definition) is 1. The van der Waals surface area contributed by atoms with Crippen molar-refractivity contribution in [2.75, 3.05) is 6.54 Å². The summed E-state index contributed by atoms with van der Waals surface area (Å²) in [5.41, 5.74) is 1.21. The zero-order valence-electron chi connectivity index (χ0n) is 10.9. The van der Waals surface area contributed by atoms with E-state index in [1.807, 2.05) is 31.2 Å². The summed E-state index contributed by atoms with van der Waals surface area (Å²) >= 11 is 0. The Morgan fingerprint density at radius 3 is 2.95 bits per heavy atom. The van der Waals surface area contributed by atoms with Gasteiger partial charge < -0.3 is 14.6 Å². The lowest BCUT2D eigenvalue weighted by molar-refractivity contribution is 0.242. The highest BCUT2D eigenvalue weighted by molar-refractivity contribution is 5.26. The first-order valence-corrected chi connectivity index (χ1v) is 6.56. The summed E-state index contributed by atoms with van der Waals surface area (Å²) in [6, 6.07) is 8.13. The van der Waals surface area contributed by atoms with Crippen LogP contribution < -0.4 is 10.1 Å². The van der Waals surface area contributed by atoms with Crippen molar-refractivity contribution in [3.8, 4) is 5.75 Å². The summed E-state index contributed by atoms with van der Waals surface area (Å²) in [4.78, 5) is 4.36. The fourth-order valence-electron chi connectivity index (χ4n) is 2.15. The van der Waals surface area contributed by atoms with Gasteiger partial charge in [0.25, 0.3) is 5.89 Å². The first kappa shape index (κ1) is 12.2. The molecule has 0 radical (unpaired) electrons. The van der Waals surface area contributed by atoms with Crippen LogP contribution in [0.15, 0.2) is 28.8 Å². The quantitative estimate of drug-likeness (QED) is 0.913. The SMILES string of the molecule is Cc1ccc(OCc2nc([C@@H]3CCCN3)no2)cc1. The van der Waals surface area contributed by atoms with Gasteiger partial charge in [0.15, 0.2) is 12.4 Å². The highest BCUT2D eigenvalue weighted by atomic mass is 16.5. The average molecular weight is 259 g/mol. The van der Waals surface area contributed by atoms with Crippen molar-refractivity contribution in [3.05, 3.63) is 41.5 Å². The van der Waals surface area contributed by atoms with Gasteiger partial charge in [-0.05, 0) is 38.4 Å². The van der Waals surface area contributed by atoms with E-state index in [0.717, 1.165) is 31.0 Å². The highest BCUT2D eigenvalue weighted by Crippen LogP contribution is 2.20. The van der Waals surface area contributed by atoms with Gasteiger partial charge in [0, 0.05) is 0 Å². The Bertz CT molecular complexity index is 530. The van der Waals surface area contributed by atoms with E-state index in [-0.39, 0.29) is 6.04 Å². The molecule has 0 aliphatic carbocycles. The number of aromatic nitrogens is 2. The van der Waals surface area contributed by atoms with Gasteiger partial charge in [0.1, 0.15) is 5.75 Å². The fraction of sp³-hybridized carbons (Fsp3) is 0.429. The van der Waals surface area contributed by atoms with Gasteiger partial charge in [-0.25, -0.2) is 0 Å². The molecule has 1 aromatic heterocycles. The van der Waals surface area contributed by atoms with E-state index in [1.165, 1.54) is 5.56 Å². The van der Waals surface area contributed by atoms with Crippen LogP contribution in [-0.2, 0) is 6.61 Å². The molecule has 0 unspecified atom stereocenters. The topological polar surface area (TPSA) is 60.2 Å². The molecule has 0 saturated carbocycles. The van der Waals surface area contributed by atoms with E-state index in [2.05, 4.69) is 15.5 Å². The van der Waals surface area contributed by atoms with Crippen molar-refractivity contribution < 1.29 is 9.26 Å². The summed E-state index contributed by atoms with van der Waals surface area (Å²) in [5.74, 6) is 2.06. The van der Waals surface area contributed by atoms with Crippen molar-refractivity contribution in [3.63, 3.8) is 0 Å². The Labute approximate surface area is 112 Å². The van der Waals surface area contributed by atoms with E-state index < -0.39 is 0 Å². The monoisotopic (exact) mass is 259 g/mol. The molecule has 1 fully saturated rings. The summed E-state index contributed by atoms with van der Waals surface area (Å²) in [5, 5.41) is 7.34. The molecule has 19 heavy (non-hydrogen) atoms. The van der Waals surface area contributed by atoms with Crippen molar-refractivity contribution in [1.82, 2.24) is 15.5 Å². The van der Waals surface area contributed by atoms with E-state index in [1.54, 1.807) is 0 Å². The van der Waals surface area contributed by atoms with Gasteiger partial charge in [-0.1, -0.05) is 22.9 Å². The Morgan fingerprint density at radius 2 is 2.21 bits per heavy atom. The molecule has 5 nitrogen and oxygen atoms in total. The van der Waals surface area contributed by atoms with Crippen LogP contribution >= 0.6 is 0 Å². The number of nitrogens with zero attached hydrogens (tertiary/aromatic N) is 2. The molecule has 2 heterocycles. The maximum atomic E-state index is 5.61. The normalized spacial score (nSPS) is 18.7.